The molecule has 0 saturated heterocycles. The molecular weight excluding hydrogens is 212 g/mol. The van der Waals surface area contributed by atoms with E-state index in [1.54, 1.807) is 6.07 Å². The number of Topliss-reactive ketones (excluding diaryl/α,β-unsaturated/α-hetero) is 1. The Hall–Kier alpha value is -1.67. The van der Waals surface area contributed by atoms with Crippen molar-refractivity contribution >= 4 is 23.0 Å². The molecule has 1 aromatic heterocycles. The van der Waals surface area contributed by atoms with Crippen LogP contribution in [0.1, 0.15) is 11.8 Å². The third-order valence-electron chi connectivity index (χ3n) is 1.81. The van der Waals surface area contributed by atoms with E-state index in [1.165, 1.54) is 18.3 Å². The van der Waals surface area contributed by atoms with Gasteiger partial charge in [-0.3, -0.25) is 9.59 Å². The Morgan fingerprint density at radius 2 is 2.40 bits per heavy atom. The van der Waals surface area contributed by atoms with Crippen LogP contribution in [0.15, 0.2) is 17.5 Å². The average Bonchev–Trinajstić information content (AvgIpc) is 2.67. The van der Waals surface area contributed by atoms with Crippen LogP contribution >= 0.6 is 11.3 Å². The van der Waals surface area contributed by atoms with Crippen molar-refractivity contribution in [2.75, 3.05) is 0 Å². The molecule has 0 fully saturated rings. The first-order chi connectivity index (χ1) is 7.15. The third kappa shape index (κ3) is 3.18. The summed E-state index contributed by atoms with van der Waals surface area (Å²) in [5, 5.41) is 13.0. The summed E-state index contributed by atoms with van der Waals surface area (Å²) in [6, 6.07) is 5.42. The van der Waals surface area contributed by atoms with Gasteiger partial charge in [0.15, 0.2) is 11.7 Å². The highest BCUT2D eigenvalue weighted by Crippen LogP contribution is 2.08. The molecule has 1 unspecified atom stereocenters. The van der Waals surface area contributed by atoms with Crippen LogP contribution in [0.2, 0.25) is 0 Å². The van der Waals surface area contributed by atoms with Crippen LogP contribution in [-0.2, 0) is 16.1 Å². The largest absolute Gasteiger partial charge is 0.350 e. The Morgan fingerprint density at radius 3 is 2.87 bits per heavy atom. The van der Waals surface area contributed by atoms with Gasteiger partial charge in [0.2, 0.25) is 5.91 Å². The molecule has 0 radical (unpaired) electrons. The summed E-state index contributed by atoms with van der Waals surface area (Å²) in [7, 11) is 0. The number of nitriles is 1. The van der Waals surface area contributed by atoms with Gasteiger partial charge in [0.1, 0.15) is 0 Å². The Balaban J connectivity index is 2.49. The van der Waals surface area contributed by atoms with Crippen molar-refractivity contribution < 1.29 is 9.59 Å². The van der Waals surface area contributed by atoms with Crippen LogP contribution in [0.25, 0.3) is 0 Å². The van der Waals surface area contributed by atoms with E-state index in [0.29, 0.717) is 6.54 Å². The van der Waals surface area contributed by atoms with Gasteiger partial charge in [0, 0.05) is 4.88 Å². The van der Waals surface area contributed by atoms with Gasteiger partial charge in [-0.25, -0.2) is 0 Å². The first-order valence-electron chi connectivity index (χ1n) is 4.35. The molecule has 1 atom stereocenters. The molecule has 1 heterocycles. The quantitative estimate of drug-likeness (QED) is 0.775. The molecule has 78 valence electrons. The number of carbonyl (C=O) groups is 2. The van der Waals surface area contributed by atoms with Crippen molar-refractivity contribution in [3.63, 3.8) is 0 Å². The number of carbonyl (C=O) groups excluding carboxylic acids is 2. The molecule has 0 aliphatic rings. The topological polar surface area (TPSA) is 70.0 Å². The fourth-order valence-electron chi connectivity index (χ4n) is 1.02. The van der Waals surface area contributed by atoms with Crippen molar-refractivity contribution in [3.05, 3.63) is 22.4 Å². The van der Waals surface area contributed by atoms with Gasteiger partial charge in [0.25, 0.3) is 0 Å². The molecule has 1 N–H and O–H groups in total. The molecule has 1 aromatic rings. The number of rotatable bonds is 4. The van der Waals surface area contributed by atoms with E-state index in [1.807, 2.05) is 17.5 Å². The van der Waals surface area contributed by atoms with Crippen LogP contribution in [-0.4, -0.2) is 11.7 Å². The second-order valence-corrected chi connectivity index (χ2v) is 4.00. The van der Waals surface area contributed by atoms with Crippen LogP contribution in [0.4, 0.5) is 0 Å². The molecule has 4 nitrogen and oxygen atoms in total. The normalized spacial score (nSPS) is 11.5. The molecule has 1 rings (SSSR count). The number of thiophene rings is 1. The predicted octanol–water partition coefficient (Wildman–Crippen LogP) is 1.09. The standard InChI is InChI=1S/C10H10N2O2S/c1-7(13)9(5-11)10(14)12-6-8-3-2-4-15-8/h2-4,9H,6H2,1H3,(H,12,14). The zero-order valence-electron chi connectivity index (χ0n) is 8.19. The fourth-order valence-corrected chi connectivity index (χ4v) is 1.67. The first kappa shape index (κ1) is 11.4. The van der Waals surface area contributed by atoms with Crippen LogP contribution in [0.5, 0.6) is 0 Å². The maximum Gasteiger partial charge on any atom is 0.245 e. The number of hydrogen-bond donors (Lipinski definition) is 1. The van der Waals surface area contributed by atoms with Crippen LogP contribution in [0, 0.1) is 17.2 Å². The smallest absolute Gasteiger partial charge is 0.245 e. The highest BCUT2D eigenvalue weighted by molar-refractivity contribution is 7.09. The van der Waals surface area contributed by atoms with Crippen LogP contribution < -0.4 is 5.32 Å². The Bertz CT molecular complexity index is 392. The van der Waals surface area contributed by atoms with Gasteiger partial charge in [-0.05, 0) is 18.4 Å². The lowest BCUT2D eigenvalue weighted by atomic mass is 10.1. The second-order valence-electron chi connectivity index (χ2n) is 2.97. The highest BCUT2D eigenvalue weighted by atomic mass is 32.1. The van der Waals surface area contributed by atoms with E-state index < -0.39 is 17.6 Å². The summed E-state index contributed by atoms with van der Waals surface area (Å²) >= 11 is 1.51. The van der Waals surface area contributed by atoms with Crippen molar-refractivity contribution in [1.82, 2.24) is 5.32 Å². The van der Waals surface area contributed by atoms with Crippen molar-refractivity contribution in [3.8, 4) is 6.07 Å². The van der Waals surface area contributed by atoms with Gasteiger partial charge < -0.3 is 5.32 Å². The molecule has 0 spiro atoms. The molecule has 0 aliphatic carbocycles. The summed E-state index contributed by atoms with van der Waals surface area (Å²) in [6.45, 7) is 1.60. The van der Waals surface area contributed by atoms with E-state index in [4.69, 9.17) is 5.26 Å². The summed E-state index contributed by atoms with van der Waals surface area (Å²) in [6.07, 6.45) is 0. The molecule has 5 heteroatoms. The van der Waals surface area contributed by atoms with E-state index in [0.717, 1.165) is 4.88 Å². The summed E-state index contributed by atoms with van der Waals surface area (Å²) in [5.74, 6) is -2.15. The van der Waals surface area contributed by atoms with E-state index >= 15 is 0 Å². The van der Waals surface area contributed by atoms with Gasteiger partial charge in [-0.2, -0.15) is 5.26 Å². The number of amides is 1. The average molecular weight is 222 g/mol. The molecule has 0 aromatic carbocycles. The number of nitrogens with zero attached hydrogens (tertiary/aromatic N) is 1. The van der Waals surface area contributed by atoms with Gasteiger partial charge in [-0.15, -0.1) is 11.3 Å². The Labute approximate surface area is 91.5 Å². The summed E-state index contributed by atoms with van der Waals surface area (Å²) in [4.78, 5) is 23.2. The monoisotopic (exact) mass is 222 g/mol. The van der Waals surface area contributed by atoms with Gasteiger partial charge in [0.05, 0.1) is 12.6 Å². The number of ketones is 1. The highest BCUT2D eigenvalue weighted by Gasteiger charge is 2.22. The van der Waals surface area contributed by atoms with E-state index in [9.17, 15) is 9.59 Å². The molecule has 15 heavy (non-hydrogen) atoms. The SMILES string of the molecule is CC(=O)C(C#N)C(=O)NCc1cccs1. The maximum absolute atomic E-state index is 11.4. The number of hydrogen-bond acceptors (Lipinski definition) is 4. The minimum absolute atomic E-state index is 0.363. The Kier molecular flexibility index (Phi) is 4.01. The lowest BCUT2D eigenvalue weighted by Gasteiger charge is -2.05. The van der Waals surface area contributed by atoms with Crippen LogP contribution in [0.3, 0.4) is 0 Å². The second kappa shape index (κ2) is 5.27. The summed E-state index contributed by atoms with van der Waals surface area (Å²) < 4.78 is 0. The van der Waals surface area contributed by atoms with E-state index in [-0.39, 0.29) is 0 Å². The predicted molar refractivity (Wildman–Crippen MR) is 55.9 cm³/mol. The van der Waals surface area contributed by atoms with Crippen molar-refractivity contribution in [1.29, 1.82) is 5.26 Å². The zero-order valence-corrected chi connectivity index (χ0v) is 9.00. The lowest BCUT2D eigenvalue weighted by Crippen LogP contribution is -2.32. The minimum Gasteiger partial charge on any atom is -0.350 e. The molecule has 0 bridgehead atoms. The van der Waals surface area contributed by atoms with Crippen molar-refractivity contribution in [2.24, 2.45) is 5.92 Å². The third-order valence-corrected chi connectivity index (χ3v) is 2.69. The zero-order chi connectivity index (χ0) is 11.3. The van der Waals surface area contributed by atoms with Gasteiger partial charge >= 0.3 is 0 Å². The number of nitrogens with one attached hydrogen (secondary N) is 1. The summed E-state index contributed by atoms with van der Waals surface area (Å²) in [5.41, 5.74) is 0. The van der Waals surface area contributed by atoms with Gasteiger partial charge in [-0.1, -0.05) is 6.07 Å². The van der Waals surface area contributed by atoms with Crippen molar-refractivity contribution in [2.45, 2.75) is 13.5 Å². The fraction of sp³-hybridized carbons (Fsp3) is 0.300. The van der Waals surface area contributed by atoms with E-state index in [2.05, 4.69) is 5.32 Å². The molecule has 0 aliphatic heterocycles. The Morgan fingerprint density at radius 1 is 1.67 bits per heavy atom. The molecule has 1 amide bonds. The maximum atomic E-state index is 11.4. The molecule has 0 saturated carbocycles. The molecular formula is C10H10N2O2S. The first-order valence-corrected chi connectivity index (χ1v) is 5.23. The lowest BCUT2D eigenvalue weighted by molar-refractivity contribution is -0.130. The minimum atomic E-state index is -1.19.